The van der Waals surface area contributed by atoms with Crippen molar-refractivity contribution in [3.8, 4) is 0 Å². The molecule has 1 heterocycles. The fourth-order valence-electron chi connectivity index (χ4n) is 1.73. The van der Waals surface area contributed by atoms with Crippen molar-refractivity contribution in [2.75, 3.05) is 6.54 Å². The Labute approximate surface area is 139 Å². The van der Waals surface area contributed by atoms with E-state index in [1.165, 1.54) is 0 Å². The molecule has 128 valence electrons. The lowest BCUT2D eigenvalue weighted by molar-refractivity contribution is -0.128. The van der Waals surface area contributed by atoms with Crippen molar-refractivity contribution in [3.63, 3.8) is 0 Å². The van der Waals surface area contributed by atoms with Gasteiger partial charge in [0, 0.05) is 18.4 Å². The van der Waals surface area contributed by atoms with E-state index in [1.54, 1.807) is 34.6 Å². The van der Waals surface area contributed by atoms with Crippen molar-refractivity contribution < 1.29 is 19.5 Å². The molecule has 1 atom stereocenters. The fraction of sp³-hybridized carbons (Fsp3) is 0.600. The van der Waals surface area contributed by atoms with E-state index in [4.69, 9.17) is 5.11 Å². The number of nitrogens with zero attached hydrogens (tertiary/aromatic N) is 1. The van der Waals surface area contributed by atoms with E-state index in [9.17, 15) is 14.4 Å². The lowest BCUT2D eigenvalue weighted by Gasteiger charge is -2.17. The molecule has 0 bridgehead atoms. The minimum atomic E-state index is -1.02. The van der Waals surface area contributed by atoms with E-state index in [1.807, 2.05) is 0 Å². The number of hydrogen-bond donors (Lipinski definition) is 3. The van der Waals surface area contributed by atoms with E-state index in [-0.39, 0.29) is 35.7 Å². The highest BCUT2D eigenvalue weighted by molar-refractivity contribution is 7.13. The molecule has 0 aliphatic rings. The zero-order chi connectivity index (χ0) is 17.8. The minimum Gasteiger partial charge on any atom is -0.477 e. The first-order valence-electron chi connectivity index (χ1n) is 7.30. The molecule has 0 aliphatic carbocycles. The van der Waals surface area contributed by atoms with Crippen LogP contribution in [0.3, 0.4) is 0 Å². The molecule has 0 spiro atoms. The van der Waals surface area contributed by atoms with Crippen molar-refractivity contribution in [2.24, 2.45) is 5.41 Å². The average Bonchev–Trinajstić information content (AvgIpc) is 2.79. The summed E-state index contributed by atoms with van der Waals surface area (Å²) in [5, 5.41) is 15.0. The van der Waals surface area contributed by atoms with Crippen LogP contribution in [0.15, 0.2) is 0 Å². The molecule has 0 fully saturated rings. The zero-order valence-electron chi connectivity index (χ0n) is 14.0. The third-order valence-corrected chi connectivity index (χ3v) is 4.40. The molecule has 1 aromatic heterocycles. The second kappa shape index (κ2) is 7.54. The van der Waals surface area contributed by atoms with Gasteiger partial charge >= 0.3 is 5.97 Å². The summed E-state index contributed by atoms with van der Waals surface area (Å²) in [6.07, 6.45) is 0.155. The Morgan fingerprint density at radius 1 is 1.30 bits per heavy atom. The number of thiazole rings is 1. The van der Waals surface area contributed by atoms with Gasteiger partial charge in [0.25, 0.3) is 0 Å². The molecule has 7 nitrogen and oxygen atoms in total. The Morgan fingerprint density at radius 2 is 1.91 bits per heavy atom. The van der Waals surface area contributed by atoms with Crippen molar-refractivity contribution in [1.29, 1.82) is 0 Å². The van der Waals surface area contributed by atoms with Crippen LogP contribution >= 0.6 is 11.3 Å². The third kappa shape index (κ3) is 5.63. The maximum atomic E-state index is 11.9. The Balaban J connectivity index is 2.50. The summed E-state index contributed by atoms with van der Waals surface area (Å²) in [6.45, 7) is 9.03. The molecular formula is C15H23N3O4S. The number of carbonyl (C=O) groups is 3. The number of carboxylic acids is 1. The first-order valence-corrected chi connectivity index (χ1v) is 8.12. The van der Waals surface area contributed by atoms with Crippen LogP contribution in [0.4, 0.5) is 0 Å². The maximum absolute atomic E-state index is 11.9. The molecule has 2 amide bonds. The molecule has 0 aliphatic heterocycles. The van der Waals surface area contributed by atoms with Gasteiger partial charge < -0.3 is 15.7 Å². The van der Waals surface area contributed by atoms with Crippen molar-refractivity contribution in [1.82, 2.24) is 15.6 Å². The van der Waals surface area contributed by atoms with Gasteiger partial charge in [-0.25, -0.2) is 9.78 Å². The summed E-state index contributed by atoms with van der Waals surface area (Å²) < 4.78 is 0. The molecule has 1 unspecified atom stereocenters. The number of carboxylic acid groups (broad SMARTS) is 1. The summed E-state index contributed by atoms with van der Waals surface area (Å²) in [5.74, 6) is -1.36. The van der Waals surface area contributed by atoms with Crippen LogP contribution in [0, 0.1) is 12.3 Å². The number of amides is 2. The highest BCUT2D eigenvalue weighted by Gasteiger charge is 2.21. The smallest absolute Gasteiger partial charge is 0.347 e. The Bertz CT molecular complexity index is 604. The van der Waals surface area contributed by atoms with Gasteiger partial charge in [0.15, 0.2) is 0 Å². The molecule has 1 rings (SSSR count). The van der Waals surface area contributed by atoms with Gasteiger partial charge in [0.05, 0.1) is 11.7 Å². The number of aromatic nitrogens is 1. The number of aryl methyl sites for hydroxylation is 1. The van der Waals surface area contributed by atoms with Crippen LogP contribution in [-0.4, -0.2) is 34.4 Å². The van der Waals surface area contributed by atoms with E-state index < -0.39 is 11.4 Å². The predicted octanol–water partition coefficient (Wildman–Crippen LogP) is 1.88. The molecule has 0 saturated heterocycles. The van der Waals surface area contributed by atoms with E-state index >= 15 is 0 Å². The first kappa shape index (κ1) is 19.1. The Kier molecular flexibility index (Phi) is 6.26. The van der Waals surface area contributed by atoms with Crippen molar-refractivity contribution in [3.05, 3.63) is 15.6 Å². The van der Waals surface area contributed by atoms with Crippen LogP contribution in [-0.2, 0) is 9.59 Å². The average molecular weight is 341 g/mol. The van der Waals surface area contributed by atoms with Gasteiger partial charge in [-0.1, -0.05) is 20.8 Å². The quantitative estimate of drug-likeness (QED) is 0.732. The van der Waals surface area contributed by atoms with Crippen LogP contribution in [0.2, 0.25) is 0 Å². The summed E-state index contributed by atoms with van der Waals surface area (Å²) in [7, 11) is 0. The molecule has 0 saturated carbocycles. The minimum absolute atomic E-state index is 0.111. The van der Waals surface area contributed by atoms with Gasteiger partial charge in [0.2, 0.25) is 11.8 Å². The van der Waals surface area contributed by atoms with Crippen molar-refractivity contribution in [2.45, 2.75) is 47.1 Å². The molecule has 8 heteroatoms. The molecular weight excluding hydrogens is 318 g/mol. The van der Waals surface area contributed by atoms with Gasteiger partial charge in [0.1, 0.15) is 9.88 Å². The lowest BCUT2D eigenvalue weighted by atomic mass is 9.96. The molecule has 3 N–H and O–H groups in total. The normalized spacial score (nSPS) is 12.6. The van der Waals surface area contributed by atoms with Crippen molar-refractivity contribution >= 4 is 29.1 Å². The SMILES string of the molecule is Cc1nc(C(C)NC(=O)CCNC(=O)C(C)(C)C)sc1C(=O)O. The summed E-state index contributed by atoms with van der Waals surface area (Å²) in [4.78, 5) is 38.9. The van der Waals surface area contributed by atoms with E-state index in [0.717, 1.165) is 11.3 Å². The molecule has 0 aromatic carbocycles. The predicted molar refractivity (Wildman–Crippen MR) is 87.4 cm³/mol. The largest absolute Gasteiger partial charge is 0.477 e. The van der Waals surface area contributed by atoms with Crippen LogP contribution in [0.25, 0.3) is 0 Å². The summed E-state index contributed by atoms with van der Waals surface area (Å²) in [5.41, 5.74) is -0.0499. The fourth-order valence-corrected chi connectivity index (χ4v) is 2.64. The van der Waals surface area contributed by atoms with Gasteiger partial charge in [-0.05, 0) is 13.8 Å². The van der Waals surface area contributed by atoms with Gasteiger partial charge in [-0.15, -0.1) is 11.3 Å². The monoisotopic (exact) mass is 341 g/mol. The number of rotatable bonds is 6. The van der Waals surface area contributed by atoms with E-state index in [0.29, 0.717) is 10.7 Å². The number of hydrogen-bond acceptors (Lipinski definition) is 5. The maximum Gasteiger partial charge on any atom is 0.347 e. The van der Waals surface area contributed by atoms with Crippen LogP contribution in [0.1, 0.15) is 60.5 Å². The molecule has 1 aromatic rings. The second-order valence-corrected chi connectivity index (χ2v) is 7.35. The summed E-state index contributed by atoms with van der Waals surface area (Å²) in [6, 6.07) is -0.377. The first-order chi connectivity index (χ1) is 10.5. The highest BCUT2D eigenvalue weighted by atomic mass is 32.1. The van der Waals surface area contributed by atoms with Gasteiger partial charge in [-0.2, -0.15) is 0 Å². The van der Waals surface area contributed by atoms with E-state index in [2.05, 4.69) is 15.6 Å². The third-order valence-electron chi connectivity index (χ3n) is 3.07. The summed E-state index contributed by atoms with van der Waals surface area (Å²) >= 11 is 1.05. The number of aromatic carboxylic acids is 1. The Hall–Kier alpha value is -1.96. The number of carbonyl (C=O) groups excluding carboxylic acids is 2. The van der Waals surface area contributed by atoms with Crippen LogP contribution in [0.5, 0.6) is 0 Å². The second-order valence-electron chi connectivity index (χ2n) is 6.32. The zero-order valence-corrected chi connectivity index (χ0v) is 14.8. The standard InChI is InChI=1S/C15H23N3O4S/c1-8-11(13(20)21)23-12(18-8)9(2)17-10(19)6-7-16-14(22)15(3,4)5/h9H,6-7H2,1-5H3,(H,16,22)(H,17,19)(H,20,21). The molecule has 0 radical (unpaired) electrons. The topological polar surface area (TPSA) is 108 Å². The Morgan fingerprint density at radius 3 is 2.39 bits per heavy atom. The number of nitrogens with one attached hydrogen (secondary N) is 2. The molecule has 23 heavy (non-hydrogen) atoms. The lowest BCUT2D eigenvalue weighted by Crippen LogP contribution is -2.37. The van der Waals surface area contributed by atoms with Gasteiger partial charge in [-0.3, -0.25) is 9.59 Å². The highest BCUT2D eigenvalue weighted by Crippen LogP contribution is 2.23. The van der Waals surface area contributed by atoms with Crippen LogP contribution < -0.4 is 10.6 Å².